The Kier molecular flexibility index (Phi) is 4.68. The molecule has 4 nitrogen and oxygen atoms in total. The number of carbonyl (C=O) groups is 1. The number of hydrogen-bond donors (Lipinski definition) is 1. The number of carbonyl (C=O) groups excluding carboxylic acids is 1. The topological polar surface area (TPSA) is 60.9 Å². The molecule has 0 amide bonds. The summed E-state index contributed by atoms with van der Waals surface area (Å²) in [6.45, 7) is 6.66. The van der Waals surface area contributed by atoms with Crippen molar-refractivity contribution < 1.29 is 4.79 Å². The van der Waals surface area contributed by atoms with E-state index >= 15 is 0 Å². The fourth-order valence-electron chi connectivity index (χ4n) is 1.45. The lowest BCUT2D eigenvalue weighted by Crippen LogP contribution is -2.37. The number of Topliss-reactive ketones (excluding diaryl/α,β-unsaturated/α-hetero) is 1. The highest BCUT2D eigenvalue weighted by atomic mass is 79.9. The van der Waals surface area contributed by atoms with Gasteiger partial charge in [0.05, 0.1) is 16.7 Å². The standard InChI is InChI=1S/C11H18BrN3O/c1-4-5-15-10(8(12)6-14-15)11(16)9(13)7(2)3/h6-7,9H,4-5,13H2,1-3H3. The molecule has 0 spiro atoms. The van der Waals surface area contributed by atoms with Gasteiger partial charge in [0.2, 0.25) is 0 Å². The summed E-state index contributed by atoms with van der Waals surface area (Å²) >= 11 is 3.35. The van der Waals surface area contributed by atoms with Gasteiger partial charge in [0.25, 0.3) is 0 Å². The molecule has 0 saturated heterocycles. The molecule has 0 aliphatic carbocycles. The van der Waals surface area contributed by atoms with E-state index in [1.807, 2.05) is 20.8 Å². The van der Waals surface area contributed by atoms with Crippen molar-refractivity contribution in [1.82, 2.24) is 9.78 Å². The number of hydrogen-bond acceptors (Lipinski definition) is 3. The zero-order valence-corrected chi connectivity index (χ0v) is 11.5. The maximum absolute atomic E-state index is 12.1. The van der Waals surface area contributed by atoms with Crippen molar-refractivity contribution in [3.05, 3.63) is 16.4 Å². The average Bonchev–Trinajstić information content (AvgIpc) is 2.58. The molecule has 0 aromatic carbocycles. The molecule has 0 fully saturated rings. The van der Waals surface area contributed by atoms with E-state index in [0.29, 0.717) is 5.69 Å². The third-order valence-electron chi connectivity index (χ3n) is 2.48. The largest absolute Gasteiger partial charge is 0.321 e. The number of ketones is 1. The van der Waals surface area contributed by atoms with Crippen LogP contribution < -0.4 is 5.73 Å². The zero-order chi connectivity index (χ0) is 12.3. The van der Waals surface area contributed by atoms with Gasteiger partial charge in [-0.3, -0.25) is 9.48 Å². The second-order valence-electron chi connectivity index (χ2n) is 4.20. The predicted molar refractivity (Wildman–Crippen MR) is 67.4 cm³/mol. The first-order chi connectivity index (χ1) is 7.49. The van der Waals surface area contributed by atoms with Gasteiger partial charge in [0.1, 0.15) is 5.69 Å². The summed E-state index contributed by atoms with van der Waals surface area (Å²) in [6.07, 6.45) is 2.58. The molecule has 1 aromatic rings. The summed E-state index contributed by atoms with van der Waals surface area (Å²) in [5, 5.41) is 4.16. The molecule has 0 radical (unpaired) electrons. The third kappa shape index (κ3) is 2.71. The third-order valence-corrected chi connectivity index (χ3v) is 3.06. The SMILES string of the molecule is CCCn1ncc(Br)c1C(=O)C(N)C(C)C. The molecule has 1 heterocycles. The van der Waals surface area contributed by atoms with E-state index in [2.05, 4.69) is 21.0 Å². The lowest BCUT2D eigenvalue weighted by atomic mass is 9.99. The average molecular weight is 288 g/mol. The van der Waals surface area contributed by atoms with E-state index in [1.165, 1.54) is 0 Å². The van der Waals surface area contributed by atoms with Gasteiger partial charge in [-0.05, 0) is 28.3 Å². The number of aromatic nitrogens is 2. The maximum Gasteiger partial charge on any atom is 0.198 e. The van der Waals surface area contributed by atoms with Gasteiger partial charge in [-0.25, -0.2) is 0 Å². The second-order valence-corrected chi connectivity index (χ2v) is 5.05. The lowest BCUT2D eigenvalue weighted by molar-refractivity contribution is 0.0928. The van der Waals surface area contributed by atoms with Crippen LogP contribution >= 0.6 is 15.9 Å². The minimum atomic E-state index is -0.469. The summed E-state index contributed by atoms with van der Waals surface area (Å²) in [5.41, 5.74) is 6.46. The fraction of sp³-hybridized carbons (Fsp3) is 0.636. The number of aryl methyl sites for hydroxylation is 1. The molecule has 90 valence electrons. The van der Waals surface area contributed by atoms with Gasteiger partial charge in [-0.15, -0.1) is 0 Å². The van der Waals surface area contributed by atoms with Gasteiger partial charge in [-0.2, -0.15) is 5.10 Å². The summed E-state index contributed by atoms with van der Waals surface area (Å²) < 4.78 is 2.44. The molecule has 0 bridgehead atoms. The molecule has 1 rings (SSSR count). The first-order valence-corrected chi connectivity index (χ1v) is 6.29. The highest BCUT2D eigenvalue weighted by molar-refractivity contribution is 9.10. The first kappa shape index (κ1) is 13.4. The van der Waals surface area contributed by atoms with Crippen LogP contribution in [-0.2, 0) is 6.54 Å². The molecule has 1 unspecified atom stereocenters. The van der Waals surface area contributed by atoms with Crippen LogP contribution in [0.3, 0.4) is 0 Å². The van der Waals surface area contributed by atoms with E-state index < -0.39 is 6.04 Å². The van der Waals surface area contributed by atoms with Gasteiger partial charge >= 0.3 is 0 Å². The summed E-state index contributed by atoms with van der Waals surface area (Å²) in [6, 6.07) is -0.469. The Morgan fingerprint density at radius 1 is 1.62 bits per heavy atom. The van der Waals surface area contributed by atoms with Crippen LogP contribution in [0.25, 0.3) is 0 Å². The number of nitrogens with zero attached hydrogens (tertiary/aromatic N) is 2. The van der Waals surface area contributed by atoms with Crippen molar-refractivity contribution >= 4 is 21.7 Å². The van der Waals surface area contributed by atoms with E-state index in [1.54, 1.807) is 10.9 Å². The summed E-state index contributed by atoms with van der Waals surface area (Å²) in [4.78, 5) is 12.1. The van der Waals surface area contributed by atoms with E-state index in [0.717, 1.165) is 17.4 Å². The van der Waals surface area contributed by atoms with Crippen molar-refractivity contribution in [1.29, 1.82) is 0 Å². The molecular weight excluding hydrogens is 270 g/mol. The number of nitrogens with two attached hydrogens (primary N) is 1. The first-order valence-electron chi connectivity index (χ1n) is 5.50. The van der Waals surface area contributed by atoms with E-state index in [9.17, 15) is 4.79 Å². The molecule has 1 aromatic heterocycles. The molecule has 16 heavy (non-hydrogen) atoms. The van der Waals surface area contributed by atoms with Crippen LogP contribution in [0.5, 0.6) is 0 Å². The van der Waals surface area contributed by atoms with Crippen LogP contribution in [0.4, 0.5) is 0 Å². The summed E-state index contributed by atoms with van der Waals surface area (Å²) in [5.74, 6) is 0.0807. The van der Waals surface area contributed by atoms with Gasteiger partial charge in [0, 0.05) is 6.54 Å². The van der Waals surface area contributed by atoms with Crippen molar-refractivity contribution in [3.63, 3.8) is 0 Å². The normalized spacial score (nSPS) is 13.1. The Bertz CT molecular complexity index is 373. The number of halogens is 1. The van der Waals surface area contributed by atoms with Gasteiger partial charge < -0.3 is 5.73 Å². The lowest BCUT2D eigenvalue weighted by Gasteiger charge is -2.15. The minimum Gasteiger partial charge on any atom is -0.321 e. The van der Waals surface area contributed by atoms with Crippen LogP contribution in [0, 0.1) is 5.92 Å². The van der Waals surface area contributed by atoms with Crippen LogP contribution in [0.15, 0.2) is 10.7 Å². The molecular formula is C11H18BrN3O. The van der Waals surface area contributed by atoms with Crippen molar-refractivity contribution in [2.24, 2.45) is 11.7 Å². The minimum absolute atomic E-state index is 0.0483. The Hall–Kier alpha value is -0.680. The predicted octanol–water partition coefficient (Wildman–Crippen LogP) is 2.22. The Balaban J connectivity index is 3.02. The van der Waals surface area contributed by atoms with Crippen molar-refractivity contribution in [2.75, 3.05) is 0 Å². The highest BCUT2D eigenvalue weighted by Crippen LogP contribution is 2.19. The zero-order valence-electron chi connectivity index (χ0n) is 9.90. The van der Waals surface area contributed by atoms with Gasteiger partial charge in [-0.1, -0.05) is 20.8 Å². The molecule has 1 atom stereocenters. The van der Waals surface area contributed by atoms with Crippen LogP contribution in [0.2, 0.25) is 0 Å². The molecule has 2 N–H and O–H groups in total. The molecule has 5 heteroatoms. The van der Waals surface area contributed by atoms with Crippen molar-refractivity contribution in [3.8, 4) is 0 Å². The quantitative estimate of drug-likeness (QED) is 0.845. The Morgan fingerprint density at radius 3 is 2.75 bits per heavy atom. The number of rotatable bonds is 5. The van der Waals surface area contributed by atoms with Crippen molar-refractivity contribution in [2.45, 2.75) is 39.8 Å². The Labute approximate surface area is 104 Å². The van der Waals surface area contributed by atoms with E-state index in [-0.39, 0.29) is 11.7 Å². The smallest absolute Gasteiger partial charge is 0.198 e. The second kappa shape index (κ2) is 5.59. The van der Waals surface area contributed by atoms with Gasteiger partial charge in [0.15, 0.2) is 5.78 Å². The molecule has 0 aliphatic rings. The van der Waals surface area contributed by atoms with E-state index in [4.69, 9.17) is 5.73 Å². The molecule has 0 aliphatic heterocycles. The Morgan fingerprint density at radius 2 is 2.25 bits per heavy atom. The summed E-state index contributed by atoms with van der Waals surface area (Å²) in [7, 11) is 0. The fourth-order valence-corrected chi connectivity index (χ4v) is 1.94. The maximum atomic E-state index is 12.1. The molecule has 0 saturated carbocycles. The van der Waals surface area contributed by atoms with Crippen LogP contribution in [-0.4, -0.2) is 21.6 Å². The monoisotopic (exact) mass is 287 g/mol. The van der Waals surface area contributed by atoms with Crippen LogP contribution in [0.1, 0.15) is 37.7 Å². The highest BCUT2D eigenvalue weighted by Gasteiger charge is 2.24.